The molecule has 2 saturated heterocycles. The van der Waals surface area contributed by atoms with E-state index in [0.717, 1.165) is 55.2 Å². The molecule has 2 aliphatic heterocycles. The van der Waals surface area contributed by atoms with Crippen molar-refractivity contribution in [3.05, 3.63) is 48.2 Å². The van der Waals surface area contributed by atoms with Crippen molar-refractivity contribution in [2.45, 2.75) is 55.4 Å². The Morgan fingerprint density at radius 1 is 1.12 bits per heavy atom. The van der Waals surface area contributed by atoms with E-state index in [0.29, 0.717) is 28.8 Å². The van der Waals surface area contributed by atoms with Crippen LogP contribution in [0.15, 0.2) is 47.4 Å². The Bertz CT molecular complexity index is 1470. The first-order valence-corrected chi connectivity index (χ1v) is 15.3. The first-order valence-electron chi connectivity index (χ1n) is 14.0. The fraction of sp³-hybridized carbons (Fsp3) is 0.452. The summed E-state index contributed by atoms with van der Waals surface area (Å²) < 4.78 is 52.9. The number of carbonyl (C=O) groups is 1. The Morgan fingerprint density at radius 3 is 2.62 bits per heavy atom. The number of nitrogens with one attached hydrogen (secondary N) is 2. The number of esters is 1. The molecule has 224 valence electrons. The molecular formula is C31H35F3N4O3S. The lowest BCUT2D eigenvalue weighted by Gasteiger charge is -2.34. The van der Waals surface area contributed by atoms with Gasteiger partial charge in [-0.05, 0) is 67.8 Å². The monoisotopic (exact) mass is 600 g/mol. The number of piperidine rings is 1. The fourth-order valence-electron chi connectivity index (χ4n) is 5.56. The number of halogens is 3. The van der Waals surface area contributed by atoms with Crippen LogP contribution >= 0.6 is 11.8 Å². The predicted octanol–water partition coefficient (Wildman–Crippen LogP) is 5.98. The minimum atomic E-state index is -4.39. The zero-order chi connectivity index (χ0) is 29.7. The second kappa shape index (κ2) is 13.2. The summed E-state index contributed by atoms with van der Waals surface area (Å²) >= 11 is 1.61. The van der Waals surface area contributed by atoms with Crippen LogP contribution in [0.3, 0.4) is 0 Å². The topological polar surface area (TPSA) is 67.8 Å². The zero-order valence-corrected chi connectivity index (χ0v) is 24.5. The van der Waals surface area contributed by atoms with Crippen LogP contribution in [0.4, 0.5) is 24.5 Å². The normalized spacial score (nSPS) is 18.0. The van der Waals surface area contributed by atoms with Gasteiger partial charge >= 0.3 is 12.1 Å². The Balaban J connectivity index is 1.29. The zero-order valence-electron chi connectivity index (χ0n) is 23.7. The minimum Gasteiger partial charge on any atom is -0.495 e. The number of rotatable bonds is 9. The lowest BCUT2D eigenvalue weighted by atomic mass is 10.0. The van der Waals surface area contributed by atoms with E-state index >= 15 is 0 Å². The van der Waals surface area contributed by atoms with Crippen molar-refractivity contribution < 1.29 is 27.4 Å². The maximum atomic E-state index is 13.6. The van der Waals surface area contributed by atoms with Crippen LogP contribution in [-0.2, 0) is 16.1 Å². The van der Waals surface area contributed by atoms with Crippen molar-refractivity contribution >= 4 is 40.0 Å². The van der Waals surface area contributed by atoms with E-state index in [-0.39, 0.29) is 24.7 Å². The molecule has 1 unspecified atom stereocenters. The van der Waals surface area contributed by atoms with Gasteiger partial charge in [-0.2, -0.15) is 13.2 Å². The van der Waals surface area contributed by atoms with Crippen molar-refractivity contribution in [3.63, 3.8) is 0 Å². The quantitative estimate of drug-likeness (QED) is 0.178. The lowest BCUT2D eigenvalue weighted by molar-refractivity contribution is -0.142. The summed E-state index contributed by atoms with van der Waals surface area (Å²) in [6.07, 6.45) is 0.604. The summed E-state index contributed by atoms with van der Waals surface area (Å²) in [6, 6.07) is 13.1. The van der Waals surface area contributed by atoms with E-state index in [9.17, 15) is 18.0 Å². The molecule has 5 rings (SSSR count). The highest BCUT2D eigenvalue weighted by atomic mass is 32.2. The number of thioether (sulfide) groups is 1. The maximum Gasteiger partial charge on any atom is 0.406 e. The molecule has 2 aromatic carbocycles. The second-order valence-electron chi connectivity index (χ2n) is 10.6. The van der Waals surface area contributed by atoms with Gasteiger partial charge < -0.3 is 24.7 Å². The molecule has 3 aromatic rings. The molecule has 1 atom stereocenters. The minimum absolute atomic E-state index is 0.0263. The van der Waals surface area contributed by atoms with Gasteiger partial charge in [0, 0.05) is 48.1 Å². The maximum absolute atomic E-state index is 13.6. The first kappa shape index (κ1) is 30.0. The van der Waals surface area contributed by atoms with Gasteiger partial charge in [0.25, 0.3) is 0 Å². The van der Waals surface area contributed by atoms with Crippen molar-refractivity contribution in [3.8, 4) is 17.6 Å². The van der Waals surface area contributed by atoms with Crippen LogP contribution in [0, 0.1) is 11.8 Å². The molecule has 11 heteroatoms. The average molecular weight is 601 g/mol. The number of nitrogens with zero attached hydrogens (tertiary/aromatic N) is 2. The van der Waals surface area contributed by atoms with Crippen LogP contribution in [0.25, 0.3) is 10.9 Å². The summed E-state index contributed by atoms with van der Waals surface area (Å²) in [7, 11) is 1.59. The van der Waals surface area contributed by atoms with E-state index in [1.165, 1.54) is 4.57 Å². The lowest BCUT2D eigenvalue weighted by Crippen LogP contribution is -2.42. The third-order valence-corrected chi connectivity index (χ3v) is 8.38. The molecule has 42 heavy (non-hydrogen) atoms. The van der Waals surface area contributed by atoms with Gasteiger partial charge in [0.15, 0.2) is 0 Å². The summed E-state index contributed by atoms with van der Waals surface area (Å²) in [5, 5.41) is 7.49. The number of hydrogen-bond acceptors (Lipinski definition) is 7. The molecule has 2 N–H and O–H groups in total. The van der Waals surface area contributed by atoms with Crippen LogP contribution in [0.2, 0.25) is 0 Å². The fourth-order valence-corrected chi connectivity index (χ4v) is 5.99. The Hall–Kier alpha value is -3.49. The van der Waals surface area contributed by atoms with E-state index < -0.39 is 12.7 Å². The molecule has 0 spiro atoms. The molecule has 3 heterocycles. The number of anilines is 2. The van der Waals surface area contributed by atoms with Crippen LogP contribution in [0.1, 0.15) is 31.4 Å². The van der Waals surface area contributed by atoms with Crippen molar-refractivity contribution in [2.75, 3.05) is 50.2 Å². The number of benzene rings is 2. The number of fused-ring (bicyclic) bond motifs is 1. The number of likely N-dealkylation sites (tertiary alicyclic amines) is 1. The van der Waals surface area contributed by atoms with Crippen LogP contribution in [0.5, 0.6) is 5.75 Å². The van der Waals surface area contributed by atoms with Gasteiger partial charge in [0.2, 0.25) is 0 Å². The molecule has 0 amide bonds. The number of alkyl halides is 3. The van der Waals surface area contributed by atoms with E-state index in [1.54, 1.807) is 37.1 Å². The van der Waals surface area contributed by atoms with Gasteiger partial charge in [-0.25, -0.2) is 0 Å². The summed E-state index contributed by atoms with van der Waals surface area (Å²) in [5.74, 6) is 6.51. The highest BCUT2D eigenvalue weighted by Gasteiger charge is 2.31. The third kappa shape index (κ3) is 7.47. The molecule has 2 fully saturated rings. The van der Waals surface area contributed by atoms with Crippen LogP contribution in [-0.4, -0.2) is 73.3 Å². The SMILES string of the molecule is COc1cc(SC)ccc1NCC#Cc1cc2c(NC3CCN(CC4CCC(=O)O4)CC3)cccc2n1CC(F)(F)F. The molecule has 0 bridgehead atoms. The van der Waals surface area contributed by atoms with Gasteiger partial charge in [-0.15, -0.1) is 11.8 Å². The van der Waals surface area contributed by atoms with Crippen LogP contribution < -0.4 is 15.4 Å². The Kier molecular flexibility index (Phi) is 9.43. The predicted molar refractivity (Wildman–Crippen MR) is 160 cm³/mol. The number of methoxy groups -OCH3 is 1. The summed E-state index contributed by atoms with van der Waals surface area (Å²) in [4.78, 5) is 14.8. The highest BCUT2D eigenvalue weighted by Crippen LogP contribution is 2.32. The van der Waals surface area contributed by atoms with E-state index in [2.05, 4.69) is 27.4 Å². The summed E-state index contributed by atoms with van der Waals surface area (Å²) in [6.45, 7) is 1.61. The number of aromatic nitrogens is 1. The second-order valence-corrected chi connectivity index (χ2v) is 11.4. The van der Waals surface area contributed by atoms with Crippen molar-refractivity contribution in [2.24, 2.45) is 0 Å². The van der Waals surface area contributed by atoms with Gasteiger partial charge in [-0.1, -0.05) is 12.0 Å². The largest absolute Gasteiger partial charge is 0.495 e. The molecule has 2 aliphatic rings. The molecule has 0 radical (unpaired) electrons. The van der Waals surface area contributed by atoms with Crippen molar-refractivity contribution in [1.82, 2.24) is 9.47 Å². The van der Waals surface area contributed by atoms with Gasteiger partial charge in [-0.3, -0.25) is 9.69 Å². The molecule has 0 saturated carbocycles. The van der Waals surface area contributed by atoms with Gasteiger partial charge in [0.1, 0.15) is 18.4 Å². The summed E-state index contributed by atoms with van der Waals surface area (Å²) in [5.41, 5.74) is 2.37. The standard InChI is InChI=1S/C31H35F3N4O3S/c1-40-29-18-24(42-2)9-10-27(29)35-14-4-5-22-17-25-26(6-3-7-28(25)38(22)20-31(32,33)34)36-21-12-15-37(16-13-21)19-23-8-11-30(39)41-23/h3,6-7,9-10,17-18,21,23,35-36H,8,11-16,19-20H2,1-2H3. The Morgan fingerprint density at radius 2 is 1.93 bits per heavy atom. The van der Waals surface area contributed by atoms with E-state index in [4.69, 9.17) is 9.47 Å². The Labute approximate surface area is 248 Å². The van der Waals surface area contributed by atoms with E-state index in [1.807, 2.05) is 30.5 Å². The third-order valence-electron chi connectivity index (χ3n) is 7.65. The smallest absolute Gasteiger partial charge is 0.406 e. The highest BCUT2D eigenvalue weighted by molar-refractivity contribution is 7.98. The molecule has 1 aromatic heterocycles. The number of ether oxygens (including phenoxy) is 2. The number of cyclic esters (lactones) is 1. The molecule has 7 nitrogen and oxygen atoms in total. The number of hydrogen-bond donors (Lipinski definition) is 2. The van der Waals surface area contributed by atoms with Crippen molar-refractivity contribution in [1.29, 1.82) is 0 Å². The number of carbonyl (C=O) groups excluding carboxylic acids is 1. The molecule has 0 aliphatic carbocycles. The molecular weight excluding hydrogens is 565 g/mol. The average Bonchev–Trinajstić information content (AvgIpc) is 3.54. The first-order chi connectivity index (χ1) is 20.2. The van der Waals surface area contributed by atoms with Gasteiger partial charge in [0.05, 0.1) is 30.6 Å².